The SMILES string of the molecule is CC(=O)CN1CCC2(CC1)c1ccccc1[C@@H](N1CCSCC1)[C@@H]2O. The number of ketones is 1. The van der Waals surface area contributed by atoms with Crippen LogP contribution in [0.1, 0.15) is 36.9 Å². The van der Waals surface area contributed by atoms with E-state index in [1.807, 2.05) is 11.8 Å². The molecule has 2 aliphatic heterocycles. The molecule has 0 radical (unpaired) electrons. The van der Waals surface area contributed by atoms with E-state index >= 15 is 0 Å². The lowest BCUT2D eigenvalue weighted by Gasteiger charge is -2.44. The second kappa shape index (κ2) is 7.03. The molecule has 2 saturated heterocycles. The molecule has 25 heavy (non-hydrogen) atoms. The number of hydrogen-bond donors (Lipinski definition) is 1. The zero-order chi connectivity index (χ0) is 17.4. The summed E-state index contributed by atoms with van der Waals surface area (Å²) in [6.45, 7) is 6.12. The third-order valence-corrected chi connectivity index (χ3v) is 7.26. The van der Waals surface area contributed by atoms with Crippen LogP contribution in [0, 0.1) is 0 Å². The zero-order valence-corrected chi connectivity index (χ0v) is 15.8. The van der Waals surface area contributed by atoms with Gasteiger partial charge in [-0.3, -0.25) is 14.6 Å². The Balaban J connectivity index is 1.62. The highest BCUT2D eigenvalue weighted by Gasteiger charge is 2.53. The highest BCUT2D eigenvalue weighted by Crippen LogP contribution is 2.53. The van der Waals surface area contributed by atoms with Gasteiger partial charge >= 0.3 is 0 Å². The van der Waals surface area contributed by atoms with Crippen LogP contribution in [0.2, 0.25) is 0 Å². The van der Waals surface area contributed by atoms with Crippen LogP contribution in [-0.2, 0) is 10.2 Å². The van der Waals surface area contributed by atoms with E-state index in [4.69, 9.17) is 0 Å². The lowest BCUT2D eigenvalue weighted by Crippen LogP contribution is -2.51. The number of nitrogens with zero attached hydrogens (tertiary/aromatic N) is 2. The van der Waals surface area contributed by atoms with Crippen molar-refractivity contribution in [2.24, 2.45) is 0 Å². The summed E-state index contributed by atoms with van der Waals surface area (Å²) in [7, 11) is 0. The van der Waals surface area contributed by atoms with Gasteiger partial charge in [0, 0.05) is 30.0 Å². The maximum atomic E-state index is 11.5. The second-order valence-electron chi connectivity index (χ2n) is 7.76. The number of benzene rings is 1. The molecule has 0 bridgehead atoms. The Bertz CT molecular complexity index is 636. The van der Waals surface area contributed by atoms with Crippen LogP contribution in [0.15, 0.2) is 24.3 Å². The molecule has 136 valence electrons. The van der Waals surface area contributed by atoms with Crippen LogP contribution >= 0.6 is 11.8 Å². The molecule has 0 amide bonds. The molecule has 2 heterocycles. The van der Waals surface area contributed by atoms with E-state index in [9.17, 15) is 9.90 Å². The molecule has 3 aliphatic rings. The number of aliphatic hydroxyl groups excluding tert-OH is 1. The first-order valence-electron chi connectivity index (χ1n) is 9.43. The maximum Gasteiger partial charge on any atom is 0.143 e. The van der Waals surface area contributed by atoms with Crippen molar-refractivity contribution in [3.05, 3.63) is 35.4 Å². The van der Waals surface area contributed by atoms with Gasteiger partial charge in [-0.15, -0.1) is 0 Å². The van der Waals surface area contributed by atoms with E-state index in [0.29, 0.717) is 6.54 Å². The van der Waals surface area contributed by atoms with Crippen LogP contribution in [-0.4, -0.2) is 71.0 Å². The topological polar surface area (TPSA) is 43.8 Å². The lowest BCUT2D eigenvalue weighted by molar-refractivity contribution is -0.118. The monoisotopic (exact) mass is 360 g/mol. The van der Waals surface area contributed by atoms with Gasteiger partial charge in [-0.05, 0) is 44.0 Å². The van der Waals surface area contributed by atoms with Crippen molar-refractivity contribution < 1.29 is 9.90 Å². The molecule has 4 nitrogen and oxygen atoms in total. The molecule has 4 rings (SSSR count). The van der Waals surface area contributed by atoms with Crippen LogP contribution in [0.5, 0.6) is 0 Å². The number of fused-ring (bicyclic) bond motifs is 2. The quantitative estimate of drug-likeness (QED) is 0.894. The van der Waals surface area contributed by atoms with E-state index in [1.54, 1.807) is 6.92 Å². The van der Waals surface area contributed by atoms with Crippen LogP contribution < -0.4 is 0 Å². The molecule has 0 unspecified atom stereocenters. The van der Waals surface area contributed by atoms with Gasteiger partial charge in [0.15, 0.2) is 0 Å². The smallest absolute Gasteiger partial charge is 0.143 e. The standard InChI is InChI=1S/C20H28N2O2S/c1-15(23)14-21-8-6-20(7-9-21)17-5-3-2-4-16(17)18(19(20)24)22-10-12-25-13-11-22/h2-5,18-19,24H,6-14H2,1H3/t18-,19+/m1/s1. The van der Waals surface area contributed by atoms with Crippen molar-refractivity contribution in [3.8, 4) is 0 Å². The Hall–Kier alpha value is -0.880. The Morgan fingerprint density at radius 1 is 1.20 bits per heavy atom. The second-order valence-corrected chi connectivity index (χ2v) is 8.98. The Morgan fingerprint density at radius 2 is 1.88 bits per heavy atom. The summed E-state index contributed by atoms with van der Waals surface area (Å²) in [4.78, 5) is 16.2. The van der Waals surface area contributed by atoms with Crippen LogP contribution in [0.3, 0.4) is 0 Å². The average Bonchev–Trinajstić information content (AvgIpc) is 2.86. The lowest BCUT2D eigenvalue weighted by atomic mass is 9.72. The number of hydrogen-bond acceptors (Lipinski definition) is 5. The van der Waals surface area contributed by atoms with E-state index in [1.165, 1.54) is 11.1 Å². The first-order valence-corrected chi connectivity index (χ1v) is 10.6. The highest BCUT2D eigenvalue weighted by molar-refractivity contribution is 7.99. The summed E-state index contributed by atoms with van der Waals surface area (Å²) in [6.07, 6.45) is 1.54. The minimum atomic E-state index is -0.340. The third-order valence-electron chi connectivity index (χ3n) is 6.31. The molecular weight excluding hydrogens is 332 g/mol. The van der Waals surface area contributed by atoms with Gasteiger partial charge in [-0.1, -0.05) is 24.3 Å². The Kier molecular flexibility index (Phi) is 4.93. The zero-order valence-electron chi connectivity index (χ0n) is 15.0. The summed E-state index contributed by atoms with van der Waals surface area (Å²) >= 11 is 2.01. The average molecular weight is 361 g/mol. The summed E-state index contributed by atoms with van der Waals surface area (Å²) in [5.74, 6) is 2.54. The van der Waals surface area contributed by atoms with E-state index in [2.05, 4.69) is 34.1 Å². The van der Waals surface area contributed by atoms with Gasteiger partial charge in [-0.2, -0.15) is 11.8 Å². The predicted octanol–water partition coefficient (Wildman–Crippen LogP) is 2.07. The fourth-order valence-electron chi connectivity index (χ4n) is 5.08. The van der Waals surface area contributed by atoms with Gasteiger partial charge in [-0.25, -0.2) is 0 Å². The molecule has 2 fully saturated rings. The third kappa shape index (κ3) is 3.05. The van der Waals surface area contributed by atoms with Crippen molar-refractivity contribution in [2.45, 2.75) is 37.3 Å². The fourth-order valence-corrected chi connectivity index (χ4v) is 6.01. The summed E-state index contributed by atoms with van der Waals surface area (Å²) in [5, 5.41) is 11.5. The largest absolute Gasteiger partial charge is 0.390 e. The fraction of sp³-hybridized carbons (Fsp3) is 0.650. The molecule has 2 atom stereocenters. The predicted molar refractivity (Wildman–Crippen MR) is 102 cm³/mol. The first kappa shape index (κ1) is 17.5. The molecule has 1 N–H and O–H groups in total. The Morgan fingerprint density at radius 3 is 2.56 bits per heavy atom. The van der Waals surface area contributed by atoms with E-state index < -0.39 is 0 Å². The number of Topliss-reactive ketones (excluding diaryl/α,β-unsaturated/α-hetero) is 1. The van der Waals surface area contributed by atoms with Crippen molar-refractivity contribution >= 4 is 17.5 Å². The van der Waals surface area contributed by atoms with E-state index in [0.717, 1.165) is 50.5 Å². The van der Waals surface area contributed by atoms with Crippen molar-refractivity contribution in [2.75, 3.05) is 44.2 Å². The number of likely N-dealkylation sites (tertiary alicyclic amines) is 1. The number of carbonyl (C=O) groups is 1. The van der Waals surface area contributed by atoms with Gasteiger partial charge in [0.25, 0.3) is 0 Å². The molecule has 0 saturated carbocycles. The molecule has 1 aromatic rings. The minimum Gasteiger partial charge on any atom is -0.390 e. The number of aliphatic hydroxyl groups is 1. The number of carbonyl (C=O) groups excluding carboxylic acids is 1. The van der Waals surface area contributed by atoms with Gasteiger partial charge in [0.2, 0.25) is 0 Å². The van der Waals surface area contributed by atoms with Crippen LogP contribution in [0.25, 0.3) is 0 Å². The highest BCUT2D eigenvalue weighted by atomic mass is 32.2. The molecule has 5 heteroatoms. The molecule has 0 aromatic heterocycles. The molecule has 1 aliphatic carbocycles. The van der Waals surface area contributed by atoms with Gasteiger partial charge in [0.05, 0.1) is 18.7 Å². The molecule has 1 spiro atoms. The van der Waals surface area contributed by atoms with E-state index in [-0.39, 0.29) is 23.3 Å². The summed E-state index contributed by atoms with van der Waals surface area (Å²) in [6, 6.07) is 8.82. The Labute approximate surface area is 154 Å². The normalized spacial score (nSPS) is 29.7. The van der Waals surface area contributed by atoms with Crippen molar-refractivity contribution in [3.63, 3.8) is 0 Å². The number of piperidine rings is 1. The molecular formula is C20H28N2O2S. The van der Waals surface area contributed by atoms with Crippen molar-refractivity contribution in [1.29, 1.82) is 0 Å². The first-order chi connectivity index (χ1) is 12.1. The molecule has 1 aromatic carbocycles. The van der Waals surface area contributed by atoms with Gasteiger partial charge in [0.1, 0.15) is 5.78 Å². The summed E-state index contributed by atoms with van der Waals surface area (Å²) in [5.41, 5.74) is 2.55. The van der Waals surface area contributed by atoms with Crippen LogP contribution in [0.4, 0.5) is 0 Å². The summed E-state index contributed by atoms with van der Waals surface area (Å²) < 4.78 is 0. The minimum absolute atomic E-state index is 0.136. The number of thioether (sulfide) groups is 1. The number of rotatable bonds is 3. The van der Waals surface area contributed by atoms with Gasteiger partial charge < -0.3 is 5.11 Å². The maximum absolute atomic E-state index is 11.5. The van der Waals surface area contributed by atoms with Crippen molar-refractivity contribution in [1.82, 2.24) is 9.80 Å².